The lowest BCUT2D eigenvalue weighted by Crippen LogP contribution is -2.55. The summed E-state index contributed by atoms with van der Waals surface area (Å²) in [6.07, 6.45) is 2.93. The molecule has 0 spiro atoms. The second-order valence-corrected chi connectivity index (χ2v) is 17.9. The van der Waals surface area contributed by atoms with Crippen LogP contribution in [-0.4, -0.2) is 149 Å². The molecule has 16 nitrogen and oxygen atoms in total. The number of ether oxygens (including phenoxy) is 2. The van der Waals surface area contributed by atoms with Crippen LogP contribution >= 0.6 is 0 Å². The number of methoxy groups -OCH3 is 2. The van der Waals surface area contributed by atoms with Crippen molar-refractivity contribution in [1.29, 1.82) is 0 Å². The van der Waals surface area contributed by atoms with Crippen molar-refractivity contribution in [3.63, 3.8) is 0 Å². The third-order valence-electron chi connectivity index (χ3n) is 13.3. The number of carbonyl (C=O) groups excluding carboxylic acids is 7. The molecule has 8 atom stereocenters. The Morgan fingerprint density at radius 1 is 0.937 bits per heavy atom. The van der Waals surface area contributed by atoms with E-state index in [0.29, 0.717) is 25.8 Å². The Labute approximate surface area is 373 Å². The van der Waals surface area contributed by atoms with Gasteiger partial charge in [0.05, 0.1) is 42.2 Å². The van der Waals surface area contributed by atoms with Gasteiger partial charge in [-0.2, -0.15) is 0 Å². The first-order valence-corrected chi connectivity index (χ1v) is 22.1. The first kappa shape index (κ1) is 52.4. The highest BCUT2D eigenvalue weighted by Crippen LogP contribution is 2.31. The molecule has 2 aliphatic heterocycles. The summed E-state index contributed by atoms with van der Waals surface area (Å²) >= 11 is 0. The molecule has 2 N–H and O–H groups in total. The summed E-state index contributed by atoms with van der Waals surface area (Å²) in [4.78, 5) is 111. The van der Waals surface area contributed by atoms with E-state index < -0.39 is 71.4 Å². The van der Waals surface area contributed by atoms with E-state index in [9.17, 15) is 43.5 Å². The molecule has 0 saturated carbocycles. The zero-order valence-electron chi connectivity index (χ0n) is 39.1. The summed E-state index contributed by atoms with van der Waals surface area (Å²) < 4.78 is 11.9. The maximum Gasteiger partial charge on any atom is 0.326 e. The molecule has 0 unspecified atom stereocenters. The number of rotatable bonds is 25. The highest BCUT2D eigenvalue weighted by Gasteiger charge is 2.44. The van der Waals surface area contributed by atoms with E-state index in [1.165, 1.54) is 38.3 Å². The van der Waals surface area contributed by atoms with Crippen LogP contribution in [0.25, 0.3) is 0 Å². The number of hydrogen-bond acceptors (Lipinski definition) is 10. The number of amides is 6. The quantitative estimate of drug-likeness (QED) is 0.135. The number of likely N-dealkylation sites (N-methyl/N-ethyl adjacent to an activating group) is 2. The van der Waals surface area contributed by atoms with E-state index in [-0.39, 0.29) is 74.0 Å². The van der Waals surface area contributed by atoms with Crippen molar-refractivity contribution in [2.75, 3.05) is 41.4 Å². The van der Waals surface area contributed by atoms with Crippen LogP contribution in [0.5, 0.6) is 0 Å². The zero-order valence-corrected chi connectivity index (χ0v) is 39.1. The zero-order chi connectivity index (χ0) is 47.3. The van der Waals surface area contributed by atoms with Crippen LogP contribution < -0.4 is 5.32 Å². The molecule has 2 aliphatic rings. The van der Waals surface area contributed by atoms with E-state index in [4.69, 9.17) is 9.47 Å². The Balaban J connectivity index is 1.73. The van der Waals surface area contributed by atoms with Gasteiger partial charge in [-0.3, -0.25) is 38.5 Å². The molecule has 350 valence electrons. The van der Waals surface area contributed by atoms with Crippen LogP contribution in [0.15, 0.2) is 42.5 Å². The molecule has 0 aromatic heterocycles. The van der Waals surface area contributed by atoms with E-state index in [1.54, 1.807) is 61.9 Å². The molecular weight excluding hydrogens is 811 g/mol. The van der Waals surface area contributed by atoms with Crippen molar-refractivity contribution >= 4 is 47.2 Å². The lowest BCUT2D eigenvalue weighted by atomic mass is 9.82. The standard InChI is InChI=1S/C47H71N5O11/c1-12-30(4)42(49(8)45(59)33(29(2)3)27-37(53)47(6,7)50(9)38(54)21-17-25-52-39(55)22-23-40(52)56)36(62-10)28-41(57)51-24-16-20-35(51)43(63-11)31(5)44(58)48-34(46(60)61)26-32-18-14-13-15-19-32/h13-15,18-19,22-23,29-31,33-36,42-43H,12,16-17,20-21,24-28H2,1-11H3,(H,48,58)(H,60,61)/t30-,31+,33-,34-,35-,36+,42-,43+/m0/s1. The number of benzene rings is 1. The third kappa shape index (κ3) is 13.3. The summed E-state index contributed by atoms with van der Waals surface area (Å²) in [5.41, 5.74) is -0.509. The molecule has 63 heavy (non-hydrogen) atoms. The van der Waals surface area contributed by atoms with E-state index in [1.807, 2.05) is 33.8 Å². The number of aliphatic carboxylic acids is 1. The molecule has 3 rings (SSSR count). The molecule has 0 bridgehead atoms. The number of imide groups is 1. The first-order chi connectivity index (χ1) is 29.6. The van der Waals surface area contributed by atoms with Crippen LogP contribution in [0, 0.1) is 23.7 Å². The second kappa shape index (κ2) is 23.6. The Hall–Kier alpha value is -4.96. The lowest BCUT2D eigenvalue weighted by Gasteiger charge is -2.41. The molecular formula is C47H71N5O11. The minimum Gasteiger partial charge on any atom is -0.480 e. The van der Waals surface area contributed by atoms with Crippen molar-refractivity contribution in [2.45, 2.75) is 136 Å². The number of nitrogens with zero attached hydrogens (tertiary/aromatic N) is 4. The Kier molecular flexibility index (Phi) is 19.7. The van der Waals surface area contributed by atoms with Crippen molar-refractivity contribution in [1.82, 2.24) is 24.9 Å². The van der Waals surface area contributed by atoms with Gasteiger partial charge in [0.25, 0.3) is 11.8 Å². The number of carbonyl (C=O) groups is 8. The minimum atomic E-state index is -1.27. The average Bonchev–Trinajstić information content (AvgIpc) is 3.87. The monoisotopic (exact) mass is 882 g/mol. The number of carboxylic acids is 1. The van der Waals surface area contributed by atoms with Crippen molar-refractivity contribution < 1.29 is 52.9 Å². The number of Topliss-reactive ketones (excluding diaryl/α,β-unsaturated/α-hetero) is 1. The van der Waals surface area contributed by atoms with Gasteiger partial charge in [0.15, 0.2) is 5.78 Å². The summed E-state index contributed by atoms with van der Waals surface area (Å²) in [5.74, 6) is -5.62. The minimum absolute atomic E-state index is 0.00826. The van der Waals surface area contributed by atoms with Gasteiger partial charge in [0.2, 0.25) is 23.6 Å². The van der Waals surface area contributed by atoms with E-state index >= 15 is 0 Å². The summed E-state index contributed by atoms with van der Waals surface area (Å²) in [6, 6.07) is 6.83. The van der Waals surface area contributed by atoms with Crippen molar-refractivity contribution in [3.8, 4) is 0 Å². The Morgan fingerprint density at radius 3 is 2.10 bits per heavy atom. The molecule has 1 fully saturated rings. The van der Waals surface area contributed by atoms with Gasteiger partial charge in [-0.05, 0) is 50.5 Å². The number of ketones is 1. The fourth-order valence-corrected chi connectivity index (χ4v) is 8.68. The van der Waals surface area contributed by atoms with Gasteiger partial charge in [-0.1, -0.05) is 71.4 Å². The van der Waals surface area contributed by atoms with Crippen LogP contribution in [0.2, 0.25) is 0 Å². The fourth-order valence-electron chi connectivity index (χ4n) is 8.68. The fraction of sp³-hybridized carbons (Fsp3) is 0.660. The normalized spacial score (nSPS) is 18.7. The molecule has 6 amide bonds. The highest BCUT2D eigenvalue weighted by molar-refractivity contribution is 6.12. The maximum atomic E-state index is 14.5. The van der Waals surface area contributed by atoms with Gasteiger partial charge in [0, 0.05) is 78.7 Å². The van der Waals surface area contributed by atoms with Gasteiger partial charge >= 0.3 is 5.97 Å². The molecule has 1 aromatic carbocycles. The number of carboxylic acid groups (broad SMARTS) is 1. The number of hydrogen-bond donors (Lipinski definition) is 2. The largest absolute Gasteiger partial charge is 0.480 e. The molecule has 0 aliphatic carbocycles. The smallest absolute Gasteiger partial charge is 0.326 e. The first-order valence-electron chi connectivity index (χ1n) is 22.1. The van der Waals surface area contributed by atoms with E-state index in [2.05, 4.69) is 5.32 Å². The highest BCUT2D eigenvalue weighted by atomic mass is 16.5. The van der Waals surface area contributed by atoms with Crippen LogP contribution in [0.3, 0.4) is 0 Å². The third-order valence-corrected chi connectivity index (χ3v) is 13.3. The predicted molar refractivity (Wildman–Crippen MR) is 236 cm³/mol. The number of nitrogens with one attached hydrogen (secondary N) is 1. The van der Waals surface area contributed by atoms with Gasteiger partial charge in [0.1, 0.15) is 6.04 Å². The van der Waals surface area contributed by atoms with Crippen molar-refractivity contribution in [2.24, 2.45) is 23.7 Å². The Bertz CT molecular complexity index is 1800. The van der Waals surface area contributed by atoms with Crippen LogP contribution in [-0.2, 0) is 54.3 Å². The molecule has 0 radical (unpaired) electrons. The Morgan fingerprint density at radius 2 is 1.56 bits per heavy atom. The number of likely N-dealkylation sites (tertiary alicyclic amines) is 1. The maximum absolute atomic E-state index is 14.5. The van der Waals surface area contributed by atoms with Gasteiger partial charge in [-0.15, -0.1) is 0 Å². The molecule has 2 heterocycles. The van der Waals surface area contributed by atoms with Crippen LogP contribution in [0.4, 0.5) is 0 Å². The van der Waals surface area contributed by atoms with Gasteiger partial charge in [-0.25, -0.2) is 4.79 Å². The lowest BCUT2D eigenvalue weighted by molar-refractivity contribution is -0.150. The predicted octanol–water partition coefficient (Wildman–Crippen LogP) is 3.89. The van der Waals surface area contributed by atoms with Gasteiger partial charge < -0.3 is 34.6 Å². The molecule has 1 aromatic rings. The average molecular weight is 882 g/mol. The topological polar surface area (TPSA) is 200 Å². The summed E-state index contributed by atoms with van der Waals surface area (Å²) in [5, 5.41) is 12.6. The second-order valence-electron chi connectivity index (χ2n) is 17.9. The van der Waals surface area contributed by atoms with Crippen molar-refractivity contribution in [3.05, 3.63) is 48.0 Å². The SMILES string of the molecule is CC[C@H](C)[C@@H]([C@@H](CC(=O)N1CCC[C@H]1[C@H](OC)[C@@H](C)C(=O)N[C@@H](Cc1ccccc1)C(=O)O)OC)N(C)C(=O)[C@@H](CC(=O)C(C)(C)N(C)C(=O)CCCN1C(=O)C=CC1=O)C(C)C. The summed E-state index contributed by atoms with van der Waals surface area (Å²) in [7, 11) is 6.18. The molecule has 16 heteroatoms. The van der Waals surface area contributed by atoms with E-state index in [0.717, 1.165) is 10.5 Å². The summed E-state index contributed by atoms with van der Waals surface area (Å²) in [6.45, 7) is 13.1. The molecule has 1 saturated heterocycles. The van der Waals surface area contributed by atoms with Crippen LogP contribution in [0.1, 0.15) is 99.0 Å².